The van der Waals surface area contributed by atoms with Gasteiger partial charge in [0.1, 0.15) is 17.2 Å². The maximum Gasteiger partial charge on any atom is 0.373 e. The van der Waals surface area contributed by atoms with E-state index in [1.165, 1.54) is 35.6 Å². The third kappa shape index (κ3) is 10.3. The van der Waals surface area contributed by atoms with E-state index in [1.807, 2.05) is 6.07 Å². The quantitative estimate of drug-likeness (QED) is 0.0373. The summed E-state index contributed by atoms with van der Waals surface area (Å²) in [5, 5.41) is 12.9. The molecule has 13 nitrogen and oxygen atoms in total. The van der Waals surface area contributed by atoms with Crippen molar-refractivity contribution in [2.75, 3.05) is 63.8 Å². The lowest BCUT2D eigenvalue weighted by molar-refractivity contribution is -0.141. The molecule has 3 aromatic carbocycles. The van der Waals surface area contributed by atoms with Crippen LogP contribution in [0.15, 0.2) is 76.9 Å². The van der Waals surface area contributed by atoms with Crippen molar-refractivity contribution in [2.24, 2.45) is 0 Å². The van der Waals surface area contributed by atoms with Crippen molar-refractivity contribution < 1.29 is 55.7 Å². The second-order valence-electron chi connectivity index (χ2n) is 12.5. The van der Waals surface area contributed by atoms with Crippen molar-refractivity contribution in [1.29, 1.82) is 0 Å². The van der Waals surface area contributed by atoms with E-state index in [0.717, 1.165) is 36.3 Å². The lowest BCUT2D eigenvalue weighted by Gasteiger charge is -2.25. The number of nitrogens with zero attached hydrogens (tertiary/aromatic N) is 1. The molecule has 54 heavy (non-hydrogen) atoms. The van der Waals surface area contributed by atoms with Gasteiger partial charge >= 0.3 is 5.97 Å². The van der Waals surface area contributed by atoms with Crippen LogP contribution in [0.2, 0.25) is 0 Å². The first-order chi connectivity index (χ1) is 25.9. The van der Waals surface area contributed by atoms with Crippen LogP contribution in [0, 0.1) is 5.82 Å². The molecular weight excluding hydrogens is 723 g/mol. The highest BCUT2D eigenvalue weighted by atomic mass is 32.2. The number of halogens is 1. The molecule has 1 heterocycles. The van der Waals surface area contributed by atoms with Crippen LogP contribution in [0.5, 0.6) is 0 Å². The highest BCUT2D eigenvalue weighted by molar-refractivity contribution is 7.92. The van der Waals surface area contributed by atoms with Crippen LogP contribution in [0.25, 0.3) is 22.3 Å². The van der Waals surface area contributed by atoms with Gasteiger partial charge in [-0.05, 0) is 67.1 Å². The molecule has 4 aromatic rings. The molecule has 0 radical (unpaired) electrons. The Morgan fingerprint density at radius 1 is 0.963 bits per heavy atom. The van der Waals surface area contributed by atoms with Crippen molar-refractivity contribution in [3.8, 4) is 11.3 Å². The van der Waals surface area contributed by atoms with Gasteiger partial charge in [0.15, 0.2) is 5.78 Å². The average molecular weight is 767 g/mol. The number of ether oxygens (including phenoxy) is 4. The number of carbonyl (C=O) groups is 3. The predicted molar refractivity (Wildman–Crippen MR) is 199 cm³/mol. The van der Waals surface area contributed by atoms with Gasteiger partial charge in [-0.1, -0.05) is 24.3 Å². The summed E-state index contributed by atoms with van der Waals surface area (Å²) in [6, 6.07) is 15.6. The summed E-state index contributed by atoms with van der Waals surface area (Å²) < 4.78 is 68.9. The number of hydrogen-bond donors (Lipinski definition) is 2. The average Bonchev–Trinajstić information content (AvgIpc) is 3.93. The number of esters is 1. The number of allylic oxidation sites excluding steroid dienone is 1. The number of aliphatic hydroxyl groups excluding tert-OH is 1. The number of ketones is 1. The zero-order valence-electron chi connectivity index (χ0n) is 30.3. The molecule has 0 aliphatic heterocycles. The van der Waals surface area contributed by atoms with Crippen LogP contribution in [-0.2, 0) is 40.4 Å². The van der Waals surface area contributed by atoms with Gasteiger partial charge in [0.25, 0.3) is 5.91 Å². The molecule has 15 heteroatoms. The Kier molecular flexibility index (Phi) is 13.6. The molecule has 1 aliphatic rings. The summed E-state index contributed by atoms with van der Waals surface area (Å²) in [7, 11) is -2.24. The predicted octanol–water partition coefficient (Wildman–Crippen LogP) is 5.68. The van der Waals surface area contributed by atoms with E-state index in [9.17, 15) is 32.3 Å². The van der Waals surface area contributed by atoms with Gasteiger partial charge < -0.3 is 33.8 Å². The fraction of sp³-hybridized carbons (Fsp3) is 0.359. The van der Waals surface area contributed by atoms with Crippen molar-refractivity contribution in [1.82, 2.24) is 5.32 Å². The number of benzene rings is 3. The summed E-state index contributed by atoms with van der Waals surface area (Å²) in [5.74, 6) is -2.70. The van der Waals surface area contributed by atoms with E-state index < -0.39 is 33.4 Å². The SMILES string of the molecule is CCOC(=O)/C(O)=C/C(=O)c1ccc(COCCOCCOCCN(c2cc3oc(-c4ccc(F)cc4)c(C(=O)NC)c3cc2C2CC2)S(C)(=O)=O)cc1. The van der Waals surface area contributed by atoms with Crippen LogP contribution in [0.3, 0.4) is 0 Å². The number of sulfonamides is 1. The third-order valence-corrected chi connectivity index (χ3v) is 9.71. The largest absolute Gasteiger partial charge is 0.502 e. The van der Waals surface area contributed by atoms with Crippen LogP contribution < -0.4 is 9.62 Å². The normalized spacial score (nSPS) is 13.2. The van der Waals surface area contributed by atoms with Gasteiger partial charge in [-0.3, -0.25) is 13.9 Å². The molecule has 1 saturated carbocycles. The molecule has 0 saturated heterocycles. The Morgan fingerprint density at radius 2 is 1.61 bits per heavy atom. The van der Waals surface area contributed by atoms with E-state index >= 15 is 0 Å². The fourth-order valence-corrected chi connectivity index (χ4v) is 6.64. The molecule has 5 rings (SSSR count). The molecule has 1 fully saturated rings. The first-order valence-corrected chi connectivity index (χ1v) is 19.3. The van der Waals surface area contributed by atoms with Crippen molar-refractivity contribution >= 4 is 44.3 Å². The van der Waals surface area contributed by atoms with E-state index in [-0.39, 0.29) is 62.7 Å². The lowest BCUT2D eigenvalue weighted by Crippen LogP contribution is -2.34. The Labute approximate surface area is 312 Å². The number of carbonyl (C=O) groups excluding carboxylic acids is 3. The minimum absolute atomic E-state index is 0.0359. The monoisotopic (exact) mass is 766 g/mol. The first kappa shape index (κ1) is 40.1. The Balaban J connectivity index is 1.12. The molecule has 0 bridgehead atoms. The number of furan rings is 1. The second-order valence-corrected chi connectivity index (χ2v) is 14.4. The minimum atomic E-state index is -3.75. The van der Waals surface area contributed by atoms with Crippen LogP contribution in [0.4, 0.5) is 10.1 Å². The molecular formula is C39H43FN2O11S. The summed E-state index contributed by atoms with van der Waals surface area (Å²) in [6.45, 7) is 3.12. The van der Waals surface area contributed by atoms with Gasteiger partial charge in [0.2, 0.25) is 15.8 Å². The van der Waals surface area contributed by atoms with Gasteiger partial charge in [-0.15, -0.1) is 0 Å². The number of anilines is 1. The maximum absolute atomic E-state index is 13.7. The van der Waals surface area contributed by atoms with Gasteiger partial charge in [0.05, 0.1) is 70.3 Å². The number of fused-ring (bicyclic) bond motifs is 1. The fourth-order valence-electron chi connectivity index (χ4n) is 5.72. The van der Waals surface area contributed by atoms with Crippen molar-refractivity contribution in [3.05, 3.63) is 101 Å². The third-order valence-electron chi connectivity index (χ3n) is 8.53. The van der Waals surface area contributed by atoms with E-state index in [4.69, 9.17) is 18.6 Å². The second kappa shape index (κ2) is 18.3. The van der Waals surface area contributed by atoms with Crippen LogP contribution in [-0.4, -0.2) is 90.7 Å². The molecule has 0 spiro atoms. The molecule has 0 unspecified atom stereocenters. The summed E-state index contributed by atoms with van der Waals surface area (Å²) in [5.41, 5.74) is 3.47. The molecule has 288 valence electrons. The Morgan fingerprint density at radius 3 is 2.22 bits per heavy atom. The number of hydrogen-bond acceptors (Lipinski definition) is 11. The highest BCUT2D eigenvalue weighted by Gasteiger charge is 2.33. The summed E-state index contributed by atoms with van der Waals surface area (Å²) in [6.07, 6.45) is 3.70. The van der Waals surface area contributed by atoms with Gasteiger partial charge in [0, 0.05) is 35.7 Å². The zero-order chi connectivity index (χ0) is 38.8. The minimum Gasteiger partial charge on any atom is -0.502 e. The van der Waals surface area contributed by atoms with Gasteiger partial charge in [-0.2, -0.15) is 0 Å². The lowest BCUT2D eigenvalue weighted by atomic mass is 10.0. The Hall–Kier alpha value is -5.09. The zero-order valence-corrected chi connectivity index (χ0v) is 31.1. The van der Waals surface area contributed by atoms with Crippen LogP contribution >= 0.6 is 0 Å². The van der Waals surface area contributed by atoms with Crippen molar-refractivity contribution in [3.63, 3.8) is 0 Å². The molecule has 2 N–H and O–H groups in total. The first-order valence-electron chi connectivity index (χ1n) is 17.4. The highest BCUT2D eigenvalue weighted by Crippen LogP contribution is 2.48. The molecule has 1 aliphatic carbocycles. The van der Waals surface area contributed by atoms with E-state index in [1.54, 1.807) is 37.3 Å². The maximum atomic E-state index is 13.7. The number of aliphatic hydroxyl groups is 1. The number of amides is 1. The van der Waals surface area contributed by atoms with Crippen LogP contribution in [0.1, 0.15) is 57.5 Å². The standard InChI is InChI=1S/C39H43FN2O11S/c1-4-52-39(46)34(44)23-33(43)27-7-5-25(6-8-27)24-51-20-19-50-18-17-49-16-15-42(54(3,47)48)32-22-35-31(21-30(32)26-9-10-26)36(38(45)41-2)37(53-35)28-11-13-29(40)14-12-28/h5-8,11-14,21-23,26,44H,4,9-10,15-20,24H2,1-3H3,(H,41,45)/b34-23-. The number of nitrogens with one attached hydrogen (secondary N) is 1. The topological polar surface area (TPSA) is 171 Å². The molecule has 0 atom stereocenters. The van der Waals surface area contributed by atoms with E-state index in [2.05, 4.69) is 10.1 Å². The smallest absolute Gasteiger partial charge is 0.373 e. The Bertz CT molecular complexity index is 2090. The number of rotatable bonds is 20. The van der Waals surface area contributed by atoms with Gasteiger partial charge in [-0.25, -0.2) is 17.6 Å². The molecule has 1 aromatic heterocycles. The molecule has 1 amide bonds. The summed E-state index contributed by atoms with van der Waals surface area (Å²) >= 11 is 0. The van der Waals surface area contributed by atoms with Crippen molar-refractivity contribution in [2.45, 2.75) is 32.3 Å². The summed E-state index contributed by atoms with van der Waals surface area (Å²) in [4.78, 5) is 36.8. The van der Waals surface area contributed by atoms with E-state index in [0.29, 0.717) is 41.0 Å².